The molecule has 3 rings (SSSR count). The number of amides is 1. The van der Waals surface area contributed by atoms with Gasteiger partial charge in [0, 0.05) is 41.3 Å². The van der Waals surface area contributed by atoms with Crippen LogP contribution >= 0.6 is 0 Å². The van der Waals surface area contributed by atoms with Crippen LogP contribution in [0.15, 0.2) is 48.9 Å². The molecule has 1 fully saturated rings. The van der Waals surface area contributed by atoms with Crippen LogP contribution in [0.4, 0.5) is 23.2 Å². The summed E-state index contributed by atoms with van der Waals surface area (Å²) >= 11 is 0. The first kappa shape index (κ1) is 22.3. The molecule has 0 spiro atoms. The number of nitrogens with zero attached hydrogens (tertiary/aromatic N) is 2. The first-order valence-electron chi connectivity index (χ1n) is 9.41. The Balaban J connectivity index is 1.70. The summed E-state index contributed by atoms with van der Waals surface area (Å²) < 4.78 is 51.6. The van der Waals surface area contributed by atoms with Crippen LogP contribution in [0.25, 0.3) is 11.8 Å². The molecule has 0 atom stereocenters. The molecule has 31 heavy (non-hydrogen) atoms. The van der Waals surface area contributed by atoms with Gasteiger partial charge in [-0.2, -0.15) is 13.2 Å². The zero-order valence-corrected chi connectivity index (χ0v) is 16.4. The number of alkyl halides is 3. The standard InChI is InChI=1S/C21H21F4N5O/c22-17-11-28-10-14(20(17)18(26)12-30(27)16-6-7-16)3-8-19(31)29-15-4-1-13(2-5-15)9-21(23,24)25/h1-5,8,10-12,16H,6-7,9,26-27H2,(H,29,31)/b8-3+,18-12-. The Bertz CT molecular complexity index is 998. The van der Waals surface area contributed by atoms with Crippen molar-refractivity contribution in [3.8, 4) is 0 Å². The van der Waals surface area contributed by atoms with Crippen molar-refractivity contribution in [2.24, 2.45) is 11.6 Å². The van der Waals surface area contributed by atoms with E-state index in [1.54, 1.807) is 0 Å². The molecule has 0 radical (unpaired) electrons. The van der Waals surface area contributed by atoms with E-state index >= 15 is 0 Å². The molecule has 1 aromatic carbocycles. The van der Waals surface area contributed by atoms with Gasteiger partial charge in [-0.1, -0.05) is 12.1 Å². The fraction of sp³-hybridized carbons (Fsp3) is 0.238. The van der Waals surface area contributed by atoms with E-state index in [-0.39, 0.29) is 28.4 Å². The summed E-state index contributed by atoms with van der Waals surface area (Å²) in [5.41, 5.74) is 6.84. The van der Waals surface area contributed by atoms with Crippen LogP contribution < -0.4 is 16.9 Å². The first-order chi connectivity index (χ1) is 14.6. The third kappa shape index (κ3) is 6.54. The fourth-order valence-corrected chi connectivity index (χ4v) is 2.87. The number of nitrogens with two attached hydrogens (primary N) is 2. The first-order valence-corrected chi connectivity index (χ1v) is 9.41. The lowest BCUT2D eigenvalue weighted by Crippen LogP contribution is -2.28. The summed E-state index contributed by atoms with van der Waals surface area (Å²) in [5.74, 6) is 4.64. The number of halogens is 4. The van der Waals surface area contributed by atoms with E-state index in [9.17, 15) is 22.4 Å². The molecular formula is C21H21F4N5O. The second kappa shape index (κ2) is 9.17. The highest BCUT2D eigenvalue weighted by molar-refractivity contribution is 6.02. The number of anilines is 1. The predicted octanol–water partition coefficient (Wildman–Crippen LogP) is 3.57. The predicted molar refractivity (Wildman–Crippen MR) is 109 cm³/mol. The summed E-state index contributed by atoms with van der Waals surface area (Å²) in [5, 5.41) is 3.95. The second-order valence-corrected chi connectivity index (χ2v) is 7.16. The Morgan fingerprint density at radius 1 is 1.23 bits per heavy atom. The molecule has 1 aromatic heterocycles. The zero-order valence-electron chi connectivity index (χ0n) is 16.4. The van der Waals surface area contributed by atoms with Crippen molar-refractivity contribution < 1.29 is 22.4 Å². The highest BCUT2D eigenvalue weighted by atomic mass is 19.4. The lowest BCUT2D eigenvalue weighted by molar-refractivity contribution is -0.127. The normalized spacial score (nSPS) is 14.7. The van der Waals surface area contributed by atoms with Crippen molar-refractivity contribution in [1.82, 2.24) is 9.99 Å². The number of aromatic nitrogens is 1. The molecule has 1 saturated carbocycles. The molecule has 1 amide bonds. The van der Waals surface area contributed by atoms with Crippen molar-refractivity contribution >= 4 is 23.4 Å². The maximum absolute atomic E-state index is 14.3. The molecule has 1 aliphatic rings. The Kier molecular flexibility index (Phi) is 6.59. The molecule has 2 aromatic rings. The largest absolute Gasteiger partial charge is 0.397 e. The molecule has 5 N–H and O–H groups in total. The van der Waals surface area contributed by atoms with E-state index in [0.717, 1.165) is 25.1 Å². The van der Waals surface area contributed by atoms with Crippen molar-refractivity contribution in [3.05, 3.63) is 71.4 Å². The lowest BCUT2D eigenvalue weighted by atomic mass is 10.1. The molecule has 6 nitrogen and oxygen atoms in total. The van der Waals surface area contributed by atoms with Crippen LogP contribution in [-0.4, -0.2) is 28.1 Å². The van der Waals surface area contributed by atoms with Gasteiger partial charge in [0.25, 0.3) is 0 Å². The number of benzene rings is 1. The van der Waals surface area contributed by atoms with Gasteiger partial charge in [-0.25, -0.2) is 10.2 Å². The van der Waals surface area contributed by atoms with Gasteiger partial charge in [0.2, 0.25) is 5.91 Å². The summed E-state index contributed by atoms with van der Waals surface area (Å²) in [6.45, 7) is 0. The molecule has 1 aliphatic carbocycles. The lowest BCUT2D eigenvalue weighted by Gasteiger charge is -2.15. The number of rotatable bonds is 7. The second-order valence-electron chi connectivity index (χ2n) is 7.16. The van der Waals surface area contributed by atoms with Gasteiger partial charge in [0.15, 0.2) is 5.82 Å². The Hall–Kier alpha value is -3.40. The van der Waals surface area contributed by atoms with Crippen molar-refractivity contribution in [2.45, 2.75) is 31.5 Å². The van der Waals surface area contributed by atoms with Gasteiger partial charge >= 0.3 is 6.18 Å². The molecule has 1 heterocycles. The summed E-state index contributed by atoms with van der Waals surface area (Å²) in [7, 11) is 0. The van der Waals surface area contributed by atoms with E-state index in [2.05, 4.69) is 10.3 Å². The van der Waals surface area contributed by atoms with Crippen LogP contribution in [-0.2, 0) is 11.2 Å². The molecular weight excluding hydrogens is 414 g/mol. The highest BCUT2D eigenvalue weighted by Gasteiger charge is 2.27. The van der Waals surface area contributed by atoms with Crippen molar-refractivity contribution in [1.29, 1.82) is 0 Å². The van der Waals surface area contributed by atoms with Crippen molar-refractivity contribution in [2.75, 3.05) is 5.32 Å². The molecule has 0 aliphatic heterocycles. The Morgan fingerprint density at radius 3 is 2.52 bits per heavy atom. The third-order valence-corrected chi connectivity index (χ3v) is 4.51. The van der Waals surface area contributed by atoms with Crippen LogP contribution in [0.3, 0.4) is 0 Å². The number of hydrogen-bond donors (Lipinski definition) is 3. The van der Waals surface area contributed by atoms with Crippen molar-refractivity contribution in [3.63, 3.8) is 0 Å². The molecule has 164 valence electrons. The average Bonchev–Trinajstić information content (AvgIpc) is 3.52. The van der Waals surface area contributed by atoms with Gasteiger partial charge in [-0.05, 0) is 36.6 Å². The van der Waals surface area contributed by atoms with E-state index < -0.39 is 24.3 Å². The summed E-state index contributed by atoms with van der Waals surface area (Å²) in [6, 6.07) is 5.49. The zero-order chi connectivity index (χ0) is 22.6. The Morgan fingerprint density at radius 2 is 1.90 bits per heavy atom. The van der Waals surface area contributed by atoms with Gasteiger partial charge in [-0.15, -0.1) is 0 Å². The summed E-state index contributed by atoms with van der Waals surface area (Å²) in [6.07, 6.45) is 2.81. The molecule has 10 heteroatoms. The average molecular weight is 435 g/mol. The SMILES string of the molecule is N/C(=C\N(N)C1CC1)c1c(F)cncc1/C=C/C(=O)Nc1ccc(CC(F)(F)F)cc1. The van der Waals surface area contributed by atoms with Gasteiger partial charge in [0.1, 0.15) is 0 Å². The summed E-state index contributed by atoms with van der Waals surface area (Å²) in [4.78, 5) is 16.0. The maximum atomic E-state index is 14.3. The van der Waals surface area contributed by atoms with Crippen LogP contribution in [0.2, 0.25) is 0 Å². The monoisotopic (exact) mass is 435 g/mol. The van der Waals surface area contributed by atoms with Crippen LogP contribution in [0.5, 0.6) is 0 Å². The number of hydrogen-bond acceptors (Lipinski definition) is 5. The van der Waals surface area contributed by atoms with Gasteiger partial charge < -0.3 is 16.1 Å². The smallest absolute Gasteiger partial charge is 0.393 e. The molecule has 0 saturated heterocycles. The Labute approximate surface area is 176 Å². The number of pyridine rings is 1. The van der Waals surface area contributed by atoms with Crippen LogP contribution in [0, 0.1) is 5.82 Å². The van der Waals surface area contributed by atoms with E-state index in [0.29, 0.717) is 5.69 Å². The molecule has 0 bridgehead atoms. The maximum Gasteiger partial charge on any atom is 0.393 e. The minimum absolute atomic E-state index is 0.0617. The number of carbonyl (C=O) groups is 1. The van der Waals surface area contributed by atoms with E-state index in [1.807, 2.05) is 0 Å². The molecule has 0 unspecified atom stereocenters. The van der Waals surface area contributed by atoms with Gasteiger partial charge in [-0.3, -0.25) is 9.78 Å². The highest BCUT2D eigenvalue weighted by Crippen LogP contribution is 2.27. The fourth-order valence-electron chi connectivity index (χ4n) is 2.87. The topological polar surface area (TPSA) is 97.3 Å². The minimum Gasteiger partial charge on any atom is -0.397 e. The van der Waals surface area contributed by atoms with Crippen LogP contribution in [0.1, 0.15) is 29.5 Å². The van der Waals surface area contributed by atoms with Gasteiger partial charge in [0.05, 0.1) is 18.3 Å². The number of nitrogens with one attached hydrogen (secondary N) is 1. The number of hydrazine groups is 1. The third-order valence-electron chi connectivity index (χ3n) is 4.51. The van der Waals surface area contributed by atoms with E-state index in [4.69, 9.17) is 11.6 Å². The van der Waals surface area contributed by atoms with E-state index in [1.165, 1.54) is 47.7 Å². The quantitative estimate of drug-likeness (QED) is 0.267. The number of carbonyl (C=O) groups excluding carboxylic acids is 1. The minimum atomic E-state index is -4.31.